The molecule has 0 aliphatic heterocycles. The van der Waals surface area contributed by atoms with Crippen LogP contribution in [0, 0.1) is 12.8 Å². The molecular weight excluding hydrogens is 200 g/mol. The molecular formula is C13H18N2O. The Bertz CT molecular complexity index is 397. The fourth-order valence-corrected chi connectivity index (χ4v) is 1.78. The SMILES string of the molecule is Cc1cc(C(N)=O)ccc1CNCC1CC1. The molecule has 1 aliphatic rings. The third-order valence-corrected chi connectivity index (χ3v) is 3.07. The van der Waals surface area contributed by atoms with Gasteiger partial charge in [-0.15, -0.1) is 0 Å². The van der Waals surface area contributed by atoms with Gasteiger partial charge in [-0.1, -0.05) is 6.07 Å². The number of hydrogen-bond acceptors (Lipinski definition) is 2. The van der Waals surface area contributed by atoms with Gasteiger partial charge in [-0.05, 0) is 55.5 Å². The topological polar surface area (TPSA) is 55.1 Å². The molecule has 0 heterocycles. The van der Waals surface area contributed by atoms with Gasteiger partial charge in [-0.2, -0.15) is 0 Å². The Labute approximate surface area is 96.0 Å². The van der Waals surface area contributed by atoms with E-state index in [0.29, 0.717) is 5.56 Å². The Hall–Kier alpha value is -1.35. The maximum Gasteiger partial charge on any atom is 0.248 e. The Morgan fingerprint density at radius 2 is 2.25 bits per heavy atom. The van der Waals surface area contributed by atoms with Gasteiger partial charge in [0, 0.05) is 12.1 Å². The molecule has 1 aromatic carbocycles. The van der Waals surface area contributed by atoms with E-state index in [2.05, 4.69) is 5.32 Å². The van der Waals surface area contributed by atoms with E-state index in [9.17, 15) is 4.79 Å². The van der Waals surface area contributed by atoms with Crippen LogP contribution in [0.4, 0.5) is 0 Å². The van der Waals surface area contributed by atoms with Crippen LogP contribution < -0.4 is 11.1 Å². The third kappa shape index (κ3) is 2.83. The molecule has 0 saturated heterocycles. The summed E-state index contributed by atoms with van der Waals surface area (Å²) in [7, 11) is 0. The van der Waals surface area contributed by atoms with Gasteiger partial charge < -0.3 is 11.1 Å². The number of aryl methyl sites for hydroxylation is 1. The van der Waals surface area contributed by atoms with Crippen molar-refractivity contribution in [2.45, 2.75) is 26.3 Å². The highest BCUT2D eigenvalue weighted by molar-refractivity contribution is 5.93. The molecule has 1 aromatic rings. The van der Waals surface area contributed by atoms with Crippen LogP contribution in [0.15, 0.2) is 18.2 Å². The molecule has 0 spiro atoms. The Morgan fingerprint density at radius 1 is 1.50 bits per heavy atom. The molecule has 3 N–H and O–H groups in total. The highest BCUT2D eigenvalue weighted by Crippen LogP contribution is 2.27. The number of benzene rings is 1. The lowest BCUT2D eigenvalue weighted by atomic mass is 10.0. The van der Waals surface area contributed by atoms with Crippen LogP contribution in [0.3, 0.4) is 0 Å². The van der Waals surface area contributed by atoms with E-state index in [-0.39, 0.29) is 5.91 Å². The van der Waals surface area contributed by atoms with Crippen molar-refractivity contribution < 1.29 is 4.79 Å². The van der Waals surface area contributed by atoms with Crippen LogP contribution in [0.25, 0.3) is 0 Å². The lowest BCUT2D eigenvalue weighted by Gasteiger charge is -2.08. The largest absolute Gasteiger partial charge is 0.366 e. The lowest BCUT2D eigenvalue weighted by Crippen LogP contribution is -2.17. The fraction of sp³-hybridized carbons (Fsp3) is 0.462. The average Bonchev–Trinajstić information content (AvgIpc) is 3.04. The normalized spacial score (nSPS) is 15.1. The van der Waals surface area contributed by atoms with E-state index < -0.39 is 0 Å². The van der Waals surface area contributed by atoms with Crippen molar-refractivity contribution in [3.05, 3.63) is 34.9 Å². The molecule has 16 heavy (non-hydrogen) atoms. The Kier molecular flexibility index (Phi) is 3.25. The molecule has 0 atom stereocenters. The molecule has 0 aromatic heterocycles. The zero-order chi connectivity index (χ0) is 11.5. The second-order valence-corrected chi connectivity index (χ2v) is 4.58. The summed E-state index contributed by atoms with van der Waals surface area (Å²) in [5, 5.41) is 3.44. The van der Waals surface area contributed by atoms with Crippen LogP contribution in [0.5, 0.6) is 0 Å². The van der Waals surface area contributed by atoms with Crippen LogP contribution in [0.1, 0.15) is 34.3 Å². The van der Waals surface area contributed by atoms with Gasteiger partial charge in [0.1, 0.15) is 0 Å². The van der Waals surface area contributed by atoms with Crippen molar-refractivity contribution in [3.63, 3.8) is 0 Å². The smallest absolute Gasteiger partial charge is 0.248 e. The van der Waals surface area contributed by atoms with Crippen molar-refractivity contribution in [2.75, 3.05) is 6.54 Å². The number of nitrogens with two attached hydrogens (primary N) is 1. The summed E-state index contributed by atoms with van der Waals surface area (Å²) in [5.74, 6) is 0.533. The van der Waals surface area contributed by atoms with E-state index in [1.54, 1.807) is 6.07 Å². The molecule has 1 aliphatic carbocycles. The molecule has 0 bridgehead atoms. The monoisotopic (exact) mass is 218 g/mol. The molecule has 2 rings (SSSR count). The highest BCUT2D eigenvalue weighted by Gasteiger charge is 2.20. The predicted octanol–water partition coefficient (Wildman–Crippen LogP) is 1.59. The zero-order valence-corrected chi connectivity index (χ0v) is 9.62. The van der Waals surface area contributed by atoms with Crippen LogP contribution in [-0.4, -0.2) is 12.5 Å². The molecule has 3 heteroatoms. The highest BCUT2D eigenvalue weighted by atomic mass is 16.1. The standard InChI is InChI=1S/C13H18N2O/c1-9-6-11(13(14)16)4-5-12(9)8-15-7-10-2-3-10/h4-6,10,15H,2-3,7-8H2,1H3,(H2,14,16). The van der Waals surface area contributed by atoms with Crippen LogP contribution >= 0.6 is 0 Å². The molecule has 0 radical (unpaired) electrons. The van der Waals surface area contributed by atoms with Gasteiger partial charge in [0.05, 0.1) is 0 Å². The quantitative estimate of drug-likeness (QED) is 0.788. The number of primary amides is 1. The van der Waals surface area contributed by atoms with Crippen molar-refractivity contribution in [2.24, 2.45) is 11.7 Å². The van der Waals surface area contributed by atoms with Crippen molar-refractivity contribution >= 4 is 5.91 Å². The van der Waals surface area contributed by atoms with E-state index >= 15 is 0 Å². The Balaban J connectivity index is 1.95. The third-order valence-electron chi connectivity index (χ3n) is 3.07. The first-order valence-electron chi connectivity index (χ1n) is 5.77. The number of hydrogen-bond donors (Lipinski definition) is 2. The van der Waals surface area contributed by atoms with Crippen LogP contribution in [-0.2, 0) is 6.54 Å². The van der Waals surface area contributed by atoms with Gasteiger partial charge >= 0.3 is 0 Å². The lowest BCUT2D eigenvalue weighted by molar-refractivity contribution is 0.1000. The fourth-order valence-electron chi connectivity index (χ4n) is 1.78. The Morgan fingerprint density at radius 3 is 2.81 bits per heavy atom. The van der Waals surface area contributed by atoms with E-state index in [1.165, 1.54) is 18.4 Å². The first-order chi connectivity index (χ1) is 7.66. The maximum atomic E-state index is 11.0. The maximum absolute atomic E-state index is 11.0. The number of carbonyl (C=O) groups is 1. The van der Waals surface area contributed by atoms with E-state index in [1.807, 2.05) is 19.1 Å². The summed E-state index contributed by atoms with van der Waals surface area (Å²) in [4.78, 5) is 11.0. The van der Waals surface area contributed by atoms with Crippen molar-refractivity contribution in [3.8, 4) is 0 Å². The molecule has 1 fully saturated rings. The minimum absolute atomic E-state index is 0.361. The summed E-state index contributed by atoms with van der Waals surface area (Å²) >= 11 is 0. The van der Waals surface area contributed by atoms with Gasteiger partial charge in [-0.25, -0.2) is 0 Å². The molecule has 3 nitrogen and oxygen atoms in total. The van der Waals surface area contributed by atoms with E-state index in [0.717, 1.165) is 24.6 Å². The predicted molar refractivity (Wildman–Crippen MR) is 64.1 cm³/mol. The molecule has 1 saturated carbocycles. The first-order valence-corrected chi connectivity index (χ1v) is 5.77. The second kappa shape index (κ2) is 4.66. The summed E-state index contributed by atoms with van der Waals surface area (Å²) < 4.78 is 0. The van der Waals surface area contributed by atoms with E-state index in [4.69, 9.17) is 5.73 Å². The molecule has 86 valence electrons. The average molecular weight is 218 g/mol. The first kappa shape index (κ1) is 11.1. The number of amides is 1. The number of nitrogens with one attached hydrogen (secondary N) is 1. The van der Waals surface area contributed by atoms with Crippen molar-refractivity contribution in [1.29, 1.82) is 0 Å². The number of carbonyl (C=O) groups excluding carboxylic acids is 1. The van der Waals surface area contributed by atoms with Crippen molar-refractivity contribution in [1.82, 2.24) is 5.32 Å². The molecule has 1 amide bonds. The van der Waals surface area contributed by atoms with Gasteiger partial charge in [0.25, 0.3) is 0 Å². The summed E-state index contributed by atoms with van der Waals surface area (Å²) in [6, 6.07) is 5.63. The minimum atomic E-state index is -0.361. The van der Waals surface area contributed by atoms with Gasteiger partial charge in [0.15, 0.2) is 0 Å². The number of rotatable bonds is 5. The summed E-state index contributed by atoms with van der Waals surface area (Å²) in [6.07, 6.45) is 2.74. The summed E-state index contributed by atoms with van der Waals surface area (Å²) in [5.41, 5.74) is 8.18. The summed E-state index contributed by atoms with van der Waals surface area (Å²) in [6.45, 7) is 4.00. The van der Waals surface area contributed by atoms with Gasteiger partial charge in [0.2, 0.25) is 5.91 Å². The minimum Gasteiger partial charge on any atom is -0.366 e. The van der Waals surface area contributed by atoms with Gasteiger partial charge in [-0.3, -0.25) is 4.79 Å². The van der Waals surface area contributed by atoms with Crippen LogP contribution in [0.2, 0.25) is 0 Å². The second-order valence-electron chi connectivity index (χ2n) is 4.58. The molecule has 0 unspecified atom stereocenters. The zero-order valence-electron chi connectivity index (χ0n) is 9.62.